The largest absolute Gasteiger partial charge is 0.397 e. The summed E-state index contributed by atoms with van der Waals surface area (Å²) in [6.07, 6.45) is -5.27. The van der Waals surface area contributed by atoms with Crippen LogP contribution in [0.5, 0.6) is 0 Å². The van der Waals surface area contributed by atoms with E-state index in [9.17, 15) is 18.0 Å². The van der Waals surface area contributed by atoms with Crippen LogP contribution < -0.4 is 11.1 Å². The molecule has 6 heteroatoms. The van der Waals surface area contributed by atoms with Gasteiger partial charge >= 0.3 is 6.18 Å². The van der Waals surface area contributed by atoms with Gasteiger partial charge in [0.05, 0.1) is 0 Å². The summed E-state index contributed by atoms with van der Waals surface area (Å²) in [6, 6.07) is -0.415. The van der Waals surface area contributed by atoms with Crippen molar-refractivity contribution in [2.24, 2.45) is 5.73 Å². The Morgan fingerprint density at radius 1 is 1.58 bits per heavy atom. The van der Waals surface area contributed by atoms with Gasteiger partial charge in [0.15, 0.2) is 0 Å². The summed E-state index contributed by atoms with van der Waals surface area (Å²) >= 11 is 0. The maximum atomic E-state index is 11.6. The van der Waals surface area contributed by atoms with Crippen LogP contribution in [0.1, 0.15) is 12.8 Å². The molecule has 3 N–H and O–H groups in total. The second kappa shape index (κ2) is 2.93. The molecular weight excluding hydrogens is 173 g/mol. The number of halogens is 3. The van der Waals surface area contributed by atoms with Crippen molar-refractivity contribution in [1.29, 1.82) is 0 Å². The molecule has 0 aliphatic heterocycles. The Kier molecular flexibility index (Phi) is 2.27. The Balaban J connectivity index is 2.21. The zero-order valence-corrected chi connectivity index (χ0v) is 6.19. The van der Waals surface area contributed by atoms with E-state index in [1.54, 1.807) is 0 Å². The summed E-state index contributed by atoms with van der Waals surface area (Å²) in [4.78, 5) is 10.6. The van der Waals surface area contributed by atoms with E-state index in [4.69, 9.17) is 5.73 Å². The highest BCUT2D eigenvalue weighted by molar-refractivity contribution is 5.77. The minimum atomic E-state index is -4.43. The van der Waals surface area contributed by atoms with Crippen LogP contribution in [0.15, 0.2) is 0 Å². The average Bonchev–Trinajstić information content (AvgIpc) is 2.40. The van der Waals surface area contributed by atoms with Crippen molar-refractivity contribution in [3.63, 3.8) is 0 Å². The third-order valence-corrected chi connectivity index (χ3v) is 1.55. The molecule has 70 valence electrons. The zero-order chi connectivity index (χ0) is 9.35. The van der Waals surface area contributed by atoms with Crippen molar-refractivity contribution in [2.75, 3.05) is 0 Å². The first-order valence-corrected chi connectivity index (χ1v) is 3.50. The second-order valence-corrected chi connectivity index (χ2v) is 2.87. The molecule has 1 saturated carbocycles. The second-order valence-electron chi connectivity index (χ2n) is 2.87. The molecule has 0 heterocycles. The van der Waals surface area contributed by atoms with Gasteiger partial charge in [0.25, 0.3) is 0 Å². The van der Waals surface area contributed by atoms with Crippen molar-refractivity contribution in [3.8, 4) is 0 Å². The Labute approximate surface area is 67.1 Å². The molecule has 12 heavy (non-hydrogen) atoms. The molecule has 0 spiro atoms. The van der Waals surface area contributed by atoms with Crippen molar-refractivity contribution in [3.05, 3.63) is 0 Å². The third-order valence-electron chi connectivity index (χ3n) is 1.55. The topological polar surface area (TPSA) is 55.1 Å². The molecule has 3 nitrogen and oxygen atoms in total. The number of alkyl halides is 3. The van der Waals surface area contributed by atoms with Gasteiger partial charge in [-0.2, -0.15) is 13.2 Å². The molecule has 2 atom stereocenters. The highest BCUT2D eigenvalue weighted by atomic mass is 19.4. The molecule has 0 radical (unpaired) electrons. The van der Waals surface area contributed by atoms with Gasteiger partial charge in [0.2, 0.25) is 5.91 Å². The summed E-state index contributed by atoms with van der Waals surface area (Å²) in [5, 5.41) is 2.18. The first-order chi connectivity index (χ1) is 5.38. The quantitative estimate of drug-likeness (QED) is 0.638. The molecule has 1 aliphatic carbocycles. The molecular formula is C6H9F3N2O. The summed E-state index contributed by atoms with van der Waals surface area (Å²) in [6.45, 7) is 0. The normalized spacial score (nSPS) is 28.3. The van der Waals surface area contributed by atoms with E-state index < -0.39 is 18.5 Å². The van der Waals surface area contributed by atoms with Gasteiger partial charge in [0, 0.05) is 12.1 Å². The van der Waals surface area contributed by atoms with Crippen LogP contribution in [0.3, 0.4) is 0 Å². The predicted octanol–water partition coefficient (Wildman–Crippen LogP) is 0.155. The molecule has 0 aromatic carbocycles. The average molecular weight is 182 g/mol. The number of amides is 1. The predicted molar refractivity (Wildman–Crippen MR) is 35.2 cm³/mol. The van der Waals surface area contributed by atoms with E-state index in [1.165, 1.54) is 0 Å². The van der Waals surface area contributed by atoms with Crippen LogP contribution >= 0.6 is 0 Å². The monoisotopic (exact) mass is 182 g/mol. The van der Waals surface area contributed by atoms with Gasteiger partial charge in [-0.3, -0.25) is 4.79 Å². The van der Waals surface area contributed by atoms with E-state index in [0.717, 1.165) is 0 Å². The van der Waals surface area contributed by atoms with Gasteiger partial charge < -0.3 is 11.1 Å². The molecule has 1 rings (SSSR count). The van der Waals surface area contributed by atoms with Crippen LogP contribution in [0.4, 0.5) is 13.2 Å². The molecule has 1 amide bonds. The van der Waals surface area contributed by atoms with Crippen LogP contribution in [0, 0.1) is 0 Å². The van der Waals surface area contributed by atoms with Crippen molar-refractivity contribution in [2.45, 2.75) is 31.1 Å². The molecule has 1 aliphatic rings. The fourth-order valence-corrected chi connectivity index (χ4v) is 0.820. The van der Waals surface area contributed by atoms with E-state index in [2.05, 4.69) is 5.32 Å². The zero-order valence-electron chi connectivity index (χ0n) is 6.19. The van der Waals surface area contributed by atoms with Crippen LogP contribution in [-0.2, 0) is 4.79 Å². The van der Waals surface area contributed by atoms with Gasteiger partial charge in [-0.25, -0.2) is 0 Å². The summed E-state index contributed by atoms with van der Waals surface area (Å²) in [5.74, 6) is -1.000. The highest BCUT2D eigenvalue weighted by Crippen LogP contribution is 2.22. The number of carbonyl (C=O) groups is 1. The van der Waals surface area contributed by atoms with Crippen LogP contribution in [0.25, 0.3) is 0 Å². The number of hydrogen-bond donors (Lipinski definition) is 2. The number of nitrogens with one attached hydrogen (secondary N) is 1. The molecule has 0 saturated heterocycles. The third kappa shape index (κ3) is 3.08. The van der Waals surface area contributed by atoms with Gasteiger partial charge in [-0.15, -0.1) is 0 Å². The number of rotatable bonds is 2. The van der Waals surface area contributed by atoms with E-state index in [1.807, 2.05) is 0 Å². The van der Waals surface area contributed by atoms with Crippen molar-refractivity contribution in [1.82, 2.24) is 5.32 Å². The standard InChI is InChI=1S/C6H9F3N2O/c7-6(8,9)2-5(12)11-4-1-3(4)10/h3-4H,1-2,10H2,(H,11,12). The summed E-state index contributed by atoms with van der Waals surface area (Å²) < 4.78 is 34.7. The van der Waals surface area contributed by atoms with E-state index >= 15 is 0 Å². The fraction of sp³-hybridized carbons (Fsp3) is 0.833. The highest BCUT2D eigenvalue weighted by Gasteiger charge is 2.38. The summed E-state index contributed by atoms with van der Waals surface area (Å²) in [5.41, 5.74) is 5.28. The Bertz CT molecular complexity index is 192. The Hall–Kier alpha value is -0.780. The maximum absolute atomic E-state index is 11.6. The fourth-order valence-electron chi connectivity index (χ4n) is 0.820. The van der Waals surface area contributed by atoms with Gasteiger partial charge in [-0.1, -0.05) is 0 Å². The van der Waals surface area contributed by atoms with Crippen molar-refractivity contribution < 1.29 is 18.0 Å². The number of carbonyl (C=O) groups excluding carboxylic acids is 1. The molecule has 2 unspecified atom stereocenters. The number of hydrogen-bond acceptors (Lipinski definition) is 2. The van der Waals surface area contributed by atoms with E-state index in [-0.39, 0.29) is 12.1 Å². The van der Waals surface area contributed by atoms with Crippen LogP contribution in [-0.4, -0.2) is 24.2 Å². The lowest BCUT2D eigenvalue weighted by Gasteiger charge is -2.06. The van der Waals surface area contributed by atoms with Crippen molar-refractivity contribution >= 4 is 5.91 Å². The van der Waals surface area contributed by atoms with Gasteiger partial charge in [-0.05, 0) is 6.42 Å². The molecule has 0 aromatic rings. The Morgan fingerprint density at radius 2 is 2.08 bits per heavy atom. The van der Waals surface area contributed by atoms with Crippen LogP contribution in [0.2, 0.25) is 0 Å². The summed E-state index contributed by atoms with van der Waals surface area (Å²) in [7, 11) is 0. The lowest BCUT2D eigenvalue weighted by atomic mass is 10.4. The molecule has 0 aromatic heterocycles. The first kappa shape index (κ1) is 9.31. The lowest BCUT2D eigenvalue weighted by molar-refractivity contribution is -0.153. The first-order valence-electron chi connectivity index (χ1n) is 3.50. The Morgan fingerprint density at radius 3 is 2.42 bits per heavy atom. The molecule has 0 bridgehead atoms. The minimum Gasteiger partial charge on any atom is -0.351 e. The van der Waals surface area contributed by atoms with Gasteiger partial charge in [0.1, 0.15) is 6.42 Å². The van der Waals surface area contributed by atoms with E-state index in [0.29, 0.717) is 6.42 Å². The smallest absolute Gasteiger partial charge is 0.351 e. The maximum Gasteiger partial charge on any atom is 0.397 e. The SMILES string of the molecule is NC1CC1NC(=O)CC(F)(F)F. The molecule has 1 fully saturated rings. The minimum absolute atomic E-state index is 0.165. The number of nitrogens with two attached hydrogens (primary N) is 1. The lowest BCUT2D eigenvalue weighted by Crippen LogP contribution is -2.32.